The van der Waals surface area contributed by atoms with Crippen LogP contribution in [0.2, 0.25) is 0 Å². The van der Waals surface area contributed by atoms with Crippen LogP contribution in [0.1, 0.15) is 5.56 Å². The molecule has 2 aromatic rings. The molecule has 0 atom stereocenters. The van der Waals surface area contributed by atoms with Crippen LogP contribution in [-0.2, 0) is 0 Å². The van der Waals surface area contributed by atoms with Gasteiger partial charge in [-0.25, -0.2) is 0 Å². The van der Waals surface area contributed by atoms with Crippen molar-refractivity contribution in [3.63, 3.8) is 0 Å². The van der Waals surface area contributed by atoms with Crippen molar-refractivity contribution in [1.29, 1.82) is 0 Å². The largest absolute Gasteiger partial charge is 0.389 e. The number of aromatic nitrogens is 1. The molecule has 0 bridgehead atoms. The topological polar surface area (TPSA) is 42.2 Å². The molecule has 92 valence electrons. The molecule has 0 radical (unpaired) electrons. The van der Waals surface area contributed by atoms with Crippen molar-refractivity contribution in [3.8, 4) is 0 Å². The van der Waals surface area contributed by atoms with Crippen LogP contribution in [0.15, 0.2) is 47.2 Å². The maximum absolute atomic E-state index is 5.75. The number of nitrogens with zero attached hydrogens (tertiary/aromatic N) is 2. The molecule has 1 aromatic heterocycles. The first-order chi connectivity index (χ1) is 8.59. The van der Waals surface area contributed by atoms with E-state index >= 15 is 0 Å². The molecule has 2 rings (SSSR count). The van der Waals surface area contributed by atoms with Gasteiger partial charge in [-0.05, 0) is 30.3 Å². The first-order valence-corrected chi connectivity index (χ1v) is 6.53. The van der Waals surface area contributed by atoms with Gasteiger partial charge in [0, 0.05) is 23.3 Å². The highest BCUT2D eigenvalue weighted by Gasteiger charge is 2.11. The Morgan fingerprint density at radius 2 is 2.17 bits per heavy atom. The molecule has 1 aromatic carbocycles. The number of pyridine rings is 1. The summed E-state index contributed by atoms with van der Waals surface area (Å²) in [7, 11) is 1.96. The third kappa shape index (κ3) is 2.68. The Hall–Kier alpha value is -1.46. The fraction of sp³-hybridized carbons (Fsp3) is 0.0769. The van der Waals surface area contributed by atoms with E-state index in [1.54, 1.807) is 12.4 Å². The lowest BCUT2D eigenvalue weighted by Crippen LogP contribution is -2.17. The molecule has 0 amide bonds. The van der Waals surface area contributed by atoms with E-state index in [1.807, 2.05) is 42.3 Å². The average molecular weight is 322 g/mol. The summed E-state index contributed by atoms with van der Waals surface area (Å²) >= 11 is 8.54. The molecule has 2 N–H and O–H groups in total. The van der Waals surface area contributed by atoms with Gasteiger partial charge < -0.3 is 10.6 Å². The molecule has 0 fully saturated rings. The van der Waals surface area contributed by atoms with E-state index in [0.29, 0.717) is 4.99 Å². The van der Waals surface area contributed by atoms with Crippen molar-refractivity contribution < 1.29 is 0 Å². The van der Waals surface area contributed by atoms with Crippen molar-refractivity contribution in [3.05, 3.63) is 52.8 Å². The molecule has 18 heavy (non-hydrogen) atoms. The molecule has 0 aliphatic rings. The summed E-state index contributed by atoms with van der Waals surface area (Å²) in [5.74, 6) is 0. The SMILES string of the molecule is CN(c1cccnc1)c1cc(Br)ccc1C(N)=S. The minimum Gasteiger partial charge on any atom is -0.389 e. The number of nitrogens with two attached hydrogens (primary N) is 1. The number of rotatable bonds is 3. The monoisotopic (exact) mass is 321 g/mol. The van der Waals surface area contributed by atoms with Crippen LogP contribution >= 0.6 is 28.1 Å². The lowest BCUT2D eigenvalue weighted by atomic mass is 10.1. The highest BCUT2D eigenvalue weighted by Crippen LogP contribution is 2.29. The predicted molar refractivity (Wildman–Crippen MR) is 82.3 cm³/mol. The first-order valence-electron chi connectivity index (χ1n) is 5.32. The smallest absolute Gasteiger partial charge is 0.106 e. The average Bonchev–Trinajstić information content (AvgIpc) is 2.38. The molecular weight excluding hydrogens is 310 g/mol. The second kappa shape index (κ2) is 5.46. The summed E-state index contributed by atoms with van der Waals surface area (Å²) in [6.07, 6.45) is 3.54. The van der Waals surface area contributed by atoms with Crippen molar-refractivity contribution in [1.82, 2.24) is 4.98 Å². The highest BCUT2D eigenvalue weighted by molar-refractivity contribution is 9.10. The van der Waals surface area contributed by atoms with Crippen LogP contribution < -0.4 is 10.6 Å². The number of thiocarbonyl (C=S) groups is 1. The number of anilines is 2. The Labute approximate surface area is 120 Å². The van der Waals surface area contributed by atoms with E-state index in [0.717, 1.165) is 21.4 Å². The van der Waals surface area contributed by atoms with Crippen LogP contribution in [0.4, 0.5) is 11.4 Å². The maximum Gasteiger partial charge on any atom is 0.106 e. The Morgan fingerprint density at radius 3 is 2.78 bits per heavy atom. The van der Waals surface area contributed by atoms with Crippen LogP contribution in [0, 0.1) is 0 Å². The third-order valence-electron chi connectivity index (χ3n) is 2.62. The summed E-state index contributed by atoms with van der Waals surface area (Å²) in [4.78, 5) is 6.50. The maximum atomic E-state index is 5.75. The van der Waals surface area contributed by atoms with Crippen LogP contribution in [0.5, 0.6) is 0 Å². The minimum atomic E-state index is 0.383. The van der Waals surface area contributed by atoms with Gasteiger partial charge in [0.05, 0.1) is 17.6 Å². The summed E-state index contributed by atoms with van der Waals surface area (Å²) in [6.45, 7) is 0. The Kier molecular flexibility index (Phi) is 3.93. The van der Waals surface area contributed by atoms with Crippen molar-refractivity contribution in [2.24, 2.45) is 5.73 Å². The summed E-state index contributed by atoms with van der Waals surface area (Å²) in [5.41, 5.74) is 8.53. The number of hydrogen-bond acceptors (Lipinski definition) is 3. The predicted octanol–water partition coefficient (Wildman–Crippen LogP) is 3.25. The highest BCUT2D eigenvalue weighted by atomic mass is 79.9. The molecular formula is C13H12BrN3S. The molecule has 0 spiro atoms. The van der Waals surface area contributed by atoms with Crippen molar-refractivity contribution in [2.45, 2.75) is 0 Å². The Bertz CT molecular complexity index is 572. The van der Waals surface area contributed by atoms with E-state index in [4.69, 9.17) is 18.0 Å². The molecule has 1 heterocycles. The van der Waals surface area contributed by atoms with E-state index in [2.05, 4.69) is 20.9 Å². The van der Waals surface area contributed by atoms with Crippen molar-refractivity contribution in [2.75, 3.05) is 11.9 Å². The summed E-state index contributed by atoms with van der Waals surface area (Å²) in [5, 5.41) is 0. The van der Waals surface area contributed by atoms with Gasteiger partial charge in [0.15, 0.2) is 0 Å². The molecule has 3 nitrogen and oxygen atoms in total. The van der Waals surface area contributed by atoms with Crippen LogP contribution in [0.25, 0.3) is 0 Å². The second-order valence-corrected chi connectivity index (χ2v) is 5.15. The van der Waals surface area contributed by atoms with Gasteiger partial charge >= 0.3 is 0 Å². The third-order valence-corrected chi connectivity index (χ3v) is 3.33. The summed E-state index contributed by atoms with van der Waals surface area (Å²) < 4.78 is 0.980. The fourth-order valence-electron chi connectivity index (χ4n) is 1.68. The first kappa shape index (κ1) is 13.0. The zero-order valence-corrected chi connectivity index (χ0v) is 12.2. The van der Waals surface area contributed by atoms with Gasteiger partial charge in [0.1, 0.15) is 4.99 Å². The van der Waals surface area contributed by atoms with Gasteiger partial charge in [0.2, 0.25) is 0 Å². The zero-order chi connectivity index (χ0) is 13.1. The van der Waals surface area contributed by atoms with E-state index < -0.39 is 0 Å². The Morgan fingerprint density at radius 1 is 1.39 bits per heavy atom. The van der Waals surface area contributed by atoms with Crippen LogP contribution in [-0.4, -0.2) is 17.0 Å². The lowest BCUT2D eigenvalue weighted by Gasteiger charge is -2.22. The normalized spacial score (nSPS) is 10.1. The standard InChI is InChI=1S/C13H12BrN3S/c1-17(10-3-2-6-16-8-10)12-7-9(14)4-5-11(12)13(15)18/h2-8H,1H3,(H2,15,18). The van der Waals surface area contributed by atoms with Gasteiger partial charge in [-0.15, -0.1) is 0 Å². The number of hydrogen-bond donors (Lipinski definition) is 1. The summed E-state index contributed by atoms with van der Waals surface area (Å²) in [6, 6.07) is 9.70. The van der Waals surface area contributed by atoms with Crippen LogP contribution in [0.3, 0.4) is 0 Å². The quantitative estimate of drug-likeness (QED) is 0.881. The minimum absolute atomic E-state index is 0.383. The molecule has 5 heteroatoms. The molecule has 0 unspecified atom stereocenters. The number of halogens is 1. The molecule has 0 aliphatic heterocycles. The molecule has 0 saturated heterocycles. The van der Waals surface area contributed by atoms with Gasteiger partial charge in [-0.3, -0.25) is 4.98 Å². The van der Waals surface area contributed by atoms with E-state index in [1.165, 1.54) is 0 Å². The molecule has 0 aliphatic carbocycles. The second-order valence-electron chi connectivity index (χ2n) is 3.80. The lowest BCUT2D eigenvalue weighted by molar-refractivity contribution is 1.17. The molecule has 0 saturated carbocycles. The van der Waals surface area contributed by atoms with E-state index in [-0.39, 0.29) is 0 Å². The zero-order valence-electron chi connectivity index (χ0n) is 9.80. The van der Waals surface area contributed by atoms with Gasteiger partial charge in [0.25, 0.3) is 0 Å². The number of benzene rings is 1. The van der Waals surface area contributed by atoms with Crippen molar-refractivity contribution >= 4 is 44.5 Å². The van der Waals surface area contributed by atoms with Gasteiger partial charge in [-0.1, -0.05) is 28.1 Å². The fourth-order valence-corrected chi connectivity index (χ4v) is 2.20. The van der Waals surface area contributed by atoms with E-state index in [9.17, 15) is 0 Å². The Balaban J connectivity index is 2.50. The van der Waals surface area contributed by atoms with Gasteiger partial charge in [-0.2, -0.15) is 0 Å².